The molecule has 0 atom stereocenters. The topological polar surface area (TPSA) is 8.81 Å². The first-order valence-electron chi connectivity index (χ1n) is 13.0. The molecule has 0 spiro atoms. The van der Waals surface area contributed by atoms with Crippen LogP contribution in [0.5, 0.6) is 0 Å². The second-order valence-electron chi connectivity index (χ2n) is 10.1. The summed E-state index contributed by atoms with van der Waals surface area (Å²) in [6, 6.07) is 39.8. The first kappa shape index (κ1) is 21.6. The number of benzene rings is 5. The fourth-order valence-corrected chi connectivity index (χ4v) is 7.48. The average Bonchev–Trinajstić information content (AvgIpc) is 3.50. The summed E-state index contributed by atoms with van der Waals surface area (Å²) in [7, 11) is 2.17. The van der Waals surface area contributed by atoms with Gasteiger partial charge in [0.1, 0.15) is 7.05 Å². The van der Waals surface area contributed by atoms with E-state index >= 15 is 0 Å². The van der Waals surface area contributed by atoms with Crippen molar-refractivity contribution in [1.82, 2.24) is 4.57 Å². The van der Waals surface area contributed by atoms with Crippen LogP contribution in [0, 0.1) is 6.92 Å². The molecule has 8 rings (SSSR count). The van der Waals surface area contributed by atoms with E-state index in [0.717, 1.165) is 0 Å². The van der Waals surface area contributed by atoms with Gasteiger partial charge in [-0.3, -0.25) is 0 Å². The second-order valence-corrected chi connectivity index (χ2v) is 11.2. The molecule has 0 radical (unpaired) electrons. The number of aromatic nitrogens is 2. The first-order chi connectivity index (χ1) is 18.7. The van der Waals surface area contributed by atoms with Gasteiger partial charge in [0.25, 0.3) is 0 Å². The molecule has 2 nitrogen and oxygen atoms in total. The van der Waals surface area contributed by atoms with Gasteiger partial charge in [0.05, 0.1) is 32.4 Å². The van der Waals surface area contributed by atoms with Crippen LogP contribution in [-0.4, -0.2) is 4.57 Å². The molecule has 0 fully saturated rings. The van der Waals surface area contributed by atoms with Crippen LogP contribution in [0.4, 0.5) is 0 Å². The summed E-state index contributed by atoms with van der Waals surface area (Å²) >= 11 is 1.90. The Morgan fingerprint density at radius 3 is 2.05 bits per heavy atom. The minimum absolute atomic E-state index is 1.24. The molecule has 38 heavy (non-hydrogen) atoms. The van der Waals surface area contributed by atoms with Crippen molar-refractivity contribution in [3.05, 3.63) is 121 Å². The van der Waals surface area contributed by atoms with Gasteiger partial charge < -0.3 is 4.57 Å². The van der Waals surface area contributed by atoms with Gasteiger partial charge in [0, 0.05) is 26.9 Å². The van der Waals surface area contributed by atoms with Crippen LogP contribution in [0.15, 0.2) is 115 Å². The molecule has 0 N–H and O–H groups in total. The van der Waals surface area contributed by atoms with Gasteiger partial charge in [0.15, 0.2) is 6.20 Å². The molecule has 0 unspecified atom stereocenters. The number of hydrogen-bond donors (Lipinski definition) is 0. The van der Waals surface area contributed by atoms with Crippen molar-refractivity contribution >= 4 is 64.1 Å². The number of aryl methyl sites for hydroxylation is 2. The molecule has 0 saturated heterocycles. The number of nitrogens with zero attached hydrogens (tertiary/aromatic N) is 2. The second kappa shape index (κ2) is 8.01. The van der Waals surface area contributed by atoms with E-state index in [1.165, 1.54) is 75.3 Å². The summed E-state index contributed by atoms with van der Waals surface area (Å²) in [4.78, 5) is 0. The maximum atomic E-state index is 2.45. The molecule has 0 aliphatic carbocycles. The highest BCUT2D eigenvalue weighted by atomic mass is 32.1. The Balaban J connectivity index is 1.49. The Hall–Kier alpha value is -4.47. The SMILES string of the molecule is Cc1c(-c2c3c(cc[n+]2C)sc2c(-n4c5ccccc5c5ccccc54)cccc23)ccc2ccccc12. The third-order valence-corrected chi connectivity index (χ3v) is 9.23. The zero-order valence-corrected chi connectivity index (χ0v) is 22.1. The fourth-order valence-electron chi connectivity index (χ4n) is 6.28. The Kier molecular flexibility index (Phi) is 4.55. The normalized spacial score (nSPS) is 11.9. The Labute approximate surface area is 224 Å². The molecule has 5 aromatic carbocycles. The maximum absolute atomic E-state index is 2.45. The lowest BCUT2D eigenvalue weighted by atomic mass is 9.95. The fraction of sp³-hybridized carbons (Fsp3) is 0.0571. The molecule has 0 amide bonds. The third-order valence-electron chi connectivity index (χ3n) is 8.04. The van der Waals surface area contributed by atoms with Crippen molar-refractivity contribution < 1.29 is 4.57 Å². The Bertz CT molecular complexity index is 2160. The number of pyridine rings is 1. The smallest absolute Gasteiger partial charge is 0.221 e. The summed E-state index contributed by atoms with van der Waals surface area (Å²) in [6.07, 6.45) is 2.21. The monoisotopic (exact) mass is 505 g/mol. The van der Waals surface area contributed by atoms with Gasteiger partial charge in [-0.1, -0.05) is 78.9 Å². The van der Waals surface area contributed by atoms with Gasteiger partial charge in [0.2, 0.25) is 5.69 Å². The minimum Gasteiger partial charge on any atom is -0.308 e. The van der Waals surface area contributed by atoms with Gasteiger partial charge in [-0.15, -0.1) is 11.3 Å². The zero-order chi connectivity index (χ0) is 25.4. The first-order valence-corrected chi connectivity index (χ1v) is 13.8. The summed E-state index contributed by atoms with van der Waals surface area (Å²) in [6.45, 7) is 2.26. The molecule has 3 heterocycles. The lowest BCUT2D eigenvalue weighted by molar-refractivity contribution is -0.659. The van der Waals surface area contributed by atoms with Crippen molar-refractivity contribution in [2.24, 2.45) is 7.05 Å². The van der Waals surface area contributed by atoms with Crippen molar-refractivity contribution in [2.45, 2.75) is 6.92 Å². The van der Waals surface area contributed by atoms with Crippen LogP contribution < -0.4 is 4.57 Å². The molecule has 8 aromatic rings. The van der Waals surface area contributed by atoms with E-state index in [2.05, 4.69) is 138 Å². The standard InChI is InChI=1S/C35H25N2S/c1-22-24-11-4-3-10-23(24)18-19-25(22)34-33-28-14-9-17-31(35(28)38-32(33)20-21-36(34)2)37-29-15-7-5-12-26(29)27-13-6-8-16-30(27)37/h3-21H,1-2H3/q+1. The van der Waals surface area contributed by atoms with Gasteiger partial charge in [-0.05, 0) is 47.5 Å². The Morgan fingerprint density at radius 1 is 0.632 bits per heavy atom. The van der Waals surface area contributed by atoms with Crippen LogP contribution in [0.1, 0.15) is 5.56 Å². The summed E-state index contributed by atoms with van der Waals surface area (Å²) in [5.41, 5.74) is 7.62. The molecule has 3 heteroatoms. The van der Waals surface area contributed by atoms with E-state index in [4.69, 9.17) is 0 Å². The highest BCUT2D eigenvalue weighted by Gasteiger charge is 2.23. The number of fused-ring (bicyclic) bond motifs is 7. The van der Waals surface area contributed by atoms with Gasteiger partial charge in [-0.25, -0.2) is 4.57 Å². The van der Waals surface area contributed by atoms with Crippen LogP contribution in [0.2, 0.25) is 0 Å². The molecule has 0 aliphatic heterocycles. The molecule has 0 saturated carbocycles. The van der Waals surface area contributed by atoms with Gasteiger partial charge >= 0.3 is 0 Å². The summed E-state index contributed by atoms with van der Waals surface area (Å²) in [5.74, 6) is 0. The van der Waals surface area contributed by atoms with E-state index in [1.807, 2.05) is 11.3 Å². The number of para-hydroxylation sites is 2. The van der Waals surface area contributed by atoms with Crippen LogP contribution in [-0.2, 0) is 7.05 Å². The molecule has 0 bridgehead atoms. The predicted octanol–water partition coefficient (Wildman–Crippen LogP) is 9.10. The molecule has 0 aliphatic rings. The minimum atomic E-state index is 1.24. The summed E-state index contributed by atoms with van der Waals surface area (Å²) in [5, 5.41) is 7.82. The zero-order valence-electron chi connectivity index (χ0n) is 21.3. The largest absolute Gasteiger partial charge is 0.308 e. The lowest BCUT2D eigenvalue weighted by Crippen LogP contribution is -2.30. The average molecular weight is 506 g/mol. The van der Waals surface area contributed by atoms with E-state index in [0.29, 0.717) is 0 Å². The number of rotatable bonds is 2. The number of thiophene rings is 1. The summed E-state index contributed by atoms with van der Waals surface area (Å²) < 4.78 is 7.37. The quantitative estimate of drug-likeness (QED) is 0.207. The maximum Gasteiger partial charge on any atom is 0.221 e. The molecular formula is C35H25N2S+. The van der Waals surface area contributed by atoms with Crippen molar-refractivity contribution in [3.8, 4) is 16.9 Å². The lowest BCUT2D eigenvalue weighted by Gasteiger charge is -2.10. The van der Waals surface area contributed by atoms with Crippen LogP contribution in [0.3, 0.4) is 0 Å². The van der Waals surface area contributed by atoms with Crippen LogP contribution in [0.25, 0.3) is 69.7 Å². The third kappa shape index (κ3) is 2.91. The van der Waals surface area contributed by atoms with Crippen LogP contribution >= 0.6 is 11.3 Å². The van der Waals surface area contributed by atoms with E-state index in [-0.39, 0.29) is 0 Å². The van der Waals surface area contributed by atoms with Gasteiger partial charge in [-0.2, -0.15) is 0 Å². The highest BCUT2D eigenvalue weighted by Crippen LogP contribution is 2.43. The van der Waals surface area contributed by atoms with Crippen molar-refractivity contribution in [1.29, 1.82) is 0 Å². The number of hydrogen-bond acceptors (Lipinski definition) is 1. The molecule has 180 valence electrons. The predicted molar refractivity (Wildman–Crippen MR) is 163 cm³/mol. The van der Waals surface area contributed by atoms with E-state index in [9.17, 15) is 0 Å². The Morgan fingerprint density at radius 2 is 1.29 bits per heavy atom. The highest BCUT2D eigenvalue weighted by molar-refractivity contribution is 7.26. The van der Waals surface area contributed by atoms with E-state index < -0.39 is 0 Å². The van der Waals surface area contributed by atoms with E-state index in [1.54, 1.807) is 0 Å². The molecular weight excluding hydrogens is 480 g/mol. The van der Waals surface area contributed by atoms with Crippen molar-refractivity contribution in [2.75, 3.05) is 0 Å². The molecule has 3 aromatic heterocycles. The van der Waals surface area contributed by atoms with Crippen molar-refractivity contribution in [3.63, 3.8) is 0 Å².